The van der Waals surface area contributed by atoms with Crippen molar-refractivity contribution < 1.29 is 27.8 Å². The zero-order chi connectivity index (χ0) is 12.3. The number of esters is 1. The lowest BCUT2D eigenvalue weighted by Gasteiger charge is -2.06. The minimum absolute atomic E-state index is 0.103. The maximum Gasteiger partial charge on any atom is 0.310 e. The Kier molecular flexibility index (Phi) is 3.76. The summed E-state index contributed by atoms with van der Waals surface area (Å²) in [6.07, 6.45) is -0.520. The number of ether oxygens (including phenoxy) is 1. The van der Waals surface area contributed by atoms with Crippen LogP contribution in [0.5, 0.6) is 5.75 Å². The van der Waals surface area contributed by atoms with E-state index in [0.29, 0.717) is 6.07 Å². The fourth-order valence-electron chi connectivity index (χ4n) is 1.14. The second kappa shape index (κ2) is 4.87. The van der Waals surface area contributed by atoms with Gasteiger partial charge in [-0.15, -0.1) is 0 Å². The largest absolute Gasteiger partial charge is 0.505 e. The first kappa shape index (κ1) is 12.4. The minimum Gasteiger partial charge on any atom is -0.505 e. The monoisotopic (exact) mass is 234 g/mol. The first-order chi connectivity index (χ1) is 7.47. The van der Waals surface area contributed by atoms with E-state index < -0.39 is 35.6 Å². The standard InChI is InChI=1S/C10H9F3O3/c1-2-16-7(14)4-5-3-6(11)8(12)9(13)10(5)15/h3,15H,2,4H2,1H3. The van der Waals surface area contributed by atoms with E-state index >= 15 is 0 Å². The summed E-state index contributed by atoms with van der Waals surface area (Å²) in [7, 11) is 0. The molecule has 0 unspecified atom stereocenters. The topological polar surface area (TPSA) is 46.5 Å². The van der Waals surface area contributed by atoms with Crippen LogP contribution >= 0.6 is 0 Å². The summed E-state index contributed by atoms with van der Waals surface area (Å²) >= 11 is 0. The number of hydrogen-bond acceptors (Lipinski definition) is 3. The van der Waals surface area contributed by atoms with Gasteiger partial charge >= 0.3 is 5.97 Å². The van der Waals surface area contributed by atoms with Gasteiger partial charge in [-0.2, -0.15) is 4.39 Å². The number of benzene rings is 1. The molecule has 0 aliphatic heterocycles. The second-order valence-corrected chi connectivity index (χ2v) is 2.98. The first-order valence-corrected chi connectivity index (χ1v) is 4.48. The van der Waals surface area contributed by atoms with Crippen molar-refractivity contribution in [2.24, 2.45) is 0 Å². The van der Waals surface area contributed by atoms with Crippen LogP contribution in [0.2, 0.25) is 0 Å². The molecule has 1 aromatic carbocycles. The Balaban J connectivity index is 3.02. The number of carbonyl (C=O) groups excluding carboxylic acids is 1. The molecule has 0 radical (unpaired) electrons. The lowest BCUT2D eigenvalue weighted by atomic mass is 10.1. The highest BCUT2D eigenvalue weighted by Gasteiger charge is 2.19. The van der Waals surface area contributed by atoms with Crippen molar-refractivity contribution in [1.29, 1.82) is 0 Å². The molecule has 1 rings (SSSR count). The maximum absolute atomic E-state index is 12.9. The van der Waals surface area contributed by atoms with E-state index in [9.17, 15) is 18.0 Å². The van der Waals surface area contributed by atoms with Gasteiger partial charge < -0.3 is 9.84 Å². The fraction of sp³-hybridized carbons (Fsp3) is 0.300. The van der Waals surface area contributed by atoms with Crippen molar-refractivity contribution in [2.45, 2.75) is 13.3 Å². The normalized spacial score (nSPS) is 10.2. The zero-order valence-electron chi connectivity index (χ0n) is 8.39. The third kappa shape index (κ3) is 2.44. The van der Waals surface area contributed by atoms with Gasteiger partial charge in [-0.3, -0.25) is 4.79 Å². The second-order valence-electron chi connectivity index (χ2n) is 2.98. The van der Waals surface area contributed by atoms with E-state index in [-0.39, 0.29) is 12.2 Å². The highest BCUT2D eigenvalue weighted by Crippen LogP contribution is 2.26. The molecule has 0 saturated heterocycles. The van der Waals surface area contributed by atoms with Crippen LogP contribution in [0, 0.1) is 17.5 Å². The first-order valence-electron chi connectivity index (χ1n) is 4.48. The molecule has 0 aromatic heterocycles. The number of carbonyl (C=O) groups is 1. The Bertz CT molecular complexity index is 418. The van der Waals surface area contributed by atoms with Gasteiger partial charge in [0, 0.05) is 5.56 Å². The lowest BCUT2D eigenvalue weighted by Crippen LogP contribution is -2.09. The summed E-state index contributed by atoms with van der Waals surface area (Å²) in [5, 5.41) is 9.13. The molecule has 3 nitrogen and oxygen atoms in total. The highest BCUT2D eigenvalue weighted by molar-refractivity contribution is 5.73. The van der Waals surface area contributed by atoms with Crippen LogP contribution in [-0.2, 0) is 16.0 Å². The number of hydrogen-bond donors (Lipinski definition) is 1. The fourth-order valence-corrected chi connectivity index (χ4v) is 1.14. The number of rotatable bonds is 3. The molecule has 0 amide bonds. The van der Waals surface area contributed by atoms with Crippen LogP contribution in [0.15, 0.2) is 6.07 Å². The molecule has 0 atom stereocenters. The van der Waals surface area contributed by atoms with Crippen molar-refractivity contribution in [2.75, 3.05) is 6.61 Å². The summed E-state index contributed by atoms with van der Waals surface area (Å²) < 4.78 is 42.8. The predicted molar refractivity (Wildman–Crippen MR) is 48.3 cm³/mol. The van der Waals surface area contributed by atoms with Crippen LogP contribution in [0.1, 0.15) is 12.5 Å². The summed E-state index contributed by atoms with van der Waals surface area (Å²) in [5.74, 6) is -6.78. The Morgan fingerprint density at radius 2 is 2.00 bits per heavy atom. The summed E-state index contributed by atoms with van der Waals surface area (Å²) in [6, 6.07) is 0.560. The molecule has 88 valence electrons. The van der Waals surface area contributed by atoms with Crippen LogP contribution in [-0.4, -0.2) is 17.7 Å². The van der Waals surface area contributed by atoms with Crippen molar-refractivity contribution in [1.82, 2.24) is 0 Å². The summed E-state index contributed by atoms with van der Waals surface area (Å²) in [4.78, 5) is 11.0. The van der Waals surface area contributed by atoms with Crippen molar-refractivity contribution in [3.63, 3.8) is 0 Å². The maximum atomic E-state index is 12.9. The number of phenols is 1. The average molecular weight is 234 g/mol. The van der Waals surface area contributed by atoms with Crippen molar-refractivity contribution in [3.8, 4) is 5.75 Å². The molecule has 0 aliphatic carbocycles. The Hall–Kier alpha value is -1.72. The SMILES string of the molecule is CCOC(=O)Cc1cc(F)c(F)c(F)c1O. The van der Waals surface area contributed by atoms with Crippen LogP contribution in [0.4, 0.5) is 13.2 Å². The van der Waals surface area contributed by atoms with E-state index in [2.05, 4.69) is 4.74 Å². The summed E-state index contributed by atoms with van der Waals surface area (Å²) in [6.45, 7) is 1.66. The third-order valence-corrected chi connectivity index (χ3v) is 1.86. The Morgan fingerprint density at radius 3 is 2.56 bits per heavy atom. The van der Waals surface area contributed by atoms with Gasteiger partial charge in [0.25, 0.3) is 0 Å². The van der Waals surface area contributed by atoms with E-state index in [1.807, 2.05) is 0 Å². The number of halogens is 3. The van der Waals surface area contributed by atoms with Crippen molar-refractivity contribution >= 4 is 5.97 Å². The van der Waals surface area contributed by atoms with Gasteiger partial charge in [-0.1, -0.05) is 0 Å². The Morgan fingerprint density at radius 1 is 1.38 bits per heavy atom. The predicted octanol–water partition coefficient (Wildman–Crippen LogP) is 1.92. The molecule has 0 fully saturated rings. The van der Waals surface area contributed by atoms with Crippen LogP contribution < -0.4 is 0 Å². The van der Waals surface area contributed by atoms with E-state index in [1.54, 1.807) is 6.92 Å². The van der Waals surface area contributed by atoms with Gasteiger partial charge in [-0.25, -0.2) is 8.78 Å². The molecule has 0 heterocycles. The zero-order valence-corrected chi connectivity index (χ0v) is 8.39. The Labute approximate surface area is 89.5 Å². The molecular formula is C10H9F3O3. The van der Waals surface area contributed by atoms with Gasteiger partial charge in [0.05, 0.1) is 13.0 Å². The highest BCUT2D eigenvalue weighted by atomic mass is 19.2. The van der Waals surface area contributed by atoms with E-state index in [0.717, 1.165) is 0 Å². The smallest absolute Gasteiger partial charge is 0.310 e. The lowest BCUT2D eigenvalue weighted by molar-refractivity contribution is -0.142. The third-order valence-electron chi connectivity index (χ3n) is 1.86. The summed E-state index contributed by atoms with van der Waals surface area (Å²) in [5.41, 5.74) is -0.352. The molecule has 1 aromatic rings. The molecular weight excluding hydrogens is 225 g/mol. The molecule has 16 heavy (non-hydrogen) atoms. The van der Waals surface area contributed by atoms with Gasteiger partial charge in [0.1, 0.15) is 0 Å². The van der Waals surface area contributed by atoms with Gasteiger partial charge in [0.2, 0.25) is 5.82 Å². The van der Waals surface area contributed by atoms with Crippen LogP contribution in [0.3, 0.4) is 0 Å². The van der Waals surface area contributed by atoms with E-state index in [1.165, 1.54) is 0 Å². The molecule has 1 N–H and O–H groups in total. The average Bonchev–Trinajstić information content (AvgIpc) is 2.23. The molecule has 6 heteroatoms. The van der Waals surface area contributed by atoms with Gasteiger partial charge in [-0.05, 0) is 13.0 Å². The van der Waals surface area contributed by atoms with Crippen molar-refractivity contribution in [3.05, 3.63) is 29.1 Å². The van der Waals surface area contributed by atoms with E-state index in [4.69, 9.17) is 5.11 Å². The number of phenolic OH excluding ortho intramolecular Hbond substituents is 1. The molecule has 0 saturated carbocycles. The molecule has 0 aliphatic rings. The molecule has 0 bridgehead atoms. The van der Waals surface area contributed by atoms with Crippen LogP contribution in [0.25, 0.3) is 0 Å². The minimum atomic E-state index is -1.77. The number of aromatic hydroxyl groups is 1. The van der Waals surface area contributed by atoms with Gasteiger partial charge in [0.15, 0.2) is 17.4 Å². The quantitative estimate of drug-likeness (QED) is 0.642. The molecule has 0 spiro atoms.